The summed E-state index contributed by atoms with van der Waals surface area (Å²) in [5, 5.41) is 0. The molecule has 0 bridgehead atoms. The molecule has 9 heteroatoms. The number of fused-ring (bicyclic) bond motifs is 1. The molecular formula is C22H25NO7S. The van der Waals surface area contributed by atoms with Crippen LogP contribution in [0.4, 0.5) is 5.69 Å². The molecule has 0 radical (unpaired) electrons. The molecular weight excluding hydrogens is 422 g/mol. The molecule has 1 aliphatic heterocycles. The molecule has 1 heterocycles. The number of methoxy groups -OCH3 is 1. The van der Waals surface area contributed by atoms with Gasteiger partial charge in [0.2, 0.25) is 10.0 Å². The van der Waals surface area contributed by atoms with Gasteiger partial charge in [-0.15, -0.1) is 0 Å². The second-order valence-corrected chi connectivity index (χ2v) is 8.99. The van der Waals surface area contributed by atoms with Crippen LogP contribution in [0.5, 0.6) is 11.5 Å². The smallest absolute Gasteiger partial charge is 0.338 e. The summed E-state index contributed by atoms with van der Waals surface area (Å²) in [6.07, 6.45) is 2.51. The molecule has 166 valence electrons. The number of benzene rings is 2. The van der Waals surface area contributed by atoms with Gasteiger partial charge in [0.05, 0.1) is 31.2 Å². The number of rotatable bonds is 8. The van der Waals surface area contributed by atoms with E-state index in [1.165, 1.54) is 23.5 Å². The molecule has 0 N–H and O–H groups in total. The SMILES string of the molecule is CCOc1cc(C(=O)OCC(=O)c2ccc3c(c2)CCCN3S(C)(=O)=O)ccc1OC. The van der Waals surface area contributed by atoms with Gasteiger partial charge in [0.1, 0.15) is 0 Å². The summed E-state index contributed by atoms with van der Waals surface area (Å²) in [6, 6.07) is 9.49. The van der Waals surface area contributed by atoms with Gasteiger partial charge in [-0.1, -0.05) is 0 Å². The Morgan fingerprint density at radius 2 is 1.81 bits per heavy atom. The molecule has 0 unspecified atom stereocenters. The van der Waals surface area contributed by atoms with E-state index < -0.39 is 22.6 Å². The van der Waals surface area contributed by atoms with Crippen LogP contribution in [0, 0.1) is 0 Å². The Balaban J connectivity index is 1.70. The van der Waals surface area contributed by atoms with Crippen LogP contribution in [0.15, 0.2) is 36.4 Å². The van der Waals surface area contributed by atoms with E-state index >= 15 is 0 Å². The highest BCUT2D eigenvalue weighted by molar-refractivity contribution is 7.92. The Bertz CT molecular complexity index is 1100. The Hall–Kier alpha value is -3.07. The van der Waals surface area contributed by atoms with Crippen LogP contribution in [0.2, 0.25) is 0 Å². The van der Waals surface area contributed by atoms with E-state index in [0.717, 1.165) is 11.8 Å². The first-order chi connectivity index (χ1) is 14.7. The minimum Gasteiger partial charge on any atom is -0.493 e. The number of sulfonamides is 1. The highest BCUT2D eigenvalue weighted by Gasteiger charge is 2.25. The number of hydrogen-bond acceptors (Lipinski definition) is 7. The van der Waals surface area contributed by atoms with Crippen LogP contribution in [0.25, 0.3) is 0 Å². The van der Waals surface area contributed by atoms with Crippen molar-refractivity contribution in [1.82, 2.24) is 0 Å². The molecule has 2 aromatic rings. The third kappa shape index (κ3) is 5.16. The first kappa shape index (κ1) is 22.6. The molecule has 0 aromatic heterocycles. The maximum absolute atomic E-state index is 12.6. The number of anilines is 1. The number of carbonyl (C=O) groups excluding carboxylic acids is 2. The fourth-order valence-corrected chi connectivity index (χ4v) is 4.45. The van der Waals surface area contributed by atoms with Crippen LogP contribution in [-0.4, -0.2) is 53.3 Å². The van der Waals surface area contributed by atoms with Gasteiger partial charge in [-0.05, 0) is 61.7 Å². The minimum atomic E-state index is -3.38. The zero-order chi connectivity index (χ0) is 22.6. The molecule has 1 aliphatic rings. The average Bonchev–Trinajstić information content (AvgIpc) is 2.75. The molecule has 0 saturated heterocycles. The summed E-state index contributed by atoms with van der Waals surface area (Å²) >= 11 is 0. The molecule has 8 nitrogen and oxygen atoms in total. The van der Waals surface area contributed by atoms with Crippen molar-refractivity contribution in [3.8, 4) is 11.5 Å². The maximum Gasteiger partial charge on any atom is 0.338 e. The topological polar surface area (TPSA) is 99.2 Å². The number of ketones is 1. The lowest BCUT2D eigenvalue weighted by Crippen LogP contribution is -2.34. The Kier molecular flexibility index (Phi) is 6.84. The monoisotopic (exact) mass is 447 g/mol. The number of nitrogens with zero attached hydrogens (tertiary/aromatic N) is 1. The third-order valence-corrected chi connectivity index (χ3v) is 6.09. The average molecular weight is 448 g/mol. The quantitative estimate of drug-likeness (QED) is 0.453. The molecule has 0 fully saturated rings. The Labute approximate surface area is 181 Å². The van der Waals surface area contributed by atoms with Gasteiger partial charge < -0.3 is 14.2 Å². The fourth-order valence-electron chi connectivity index (χ4n) is 3.45. The second kappa shape index (κ2) is 9.38. The molecule has 31 heavy (non-hydrogen) atoms. The van der Waals surface area contributed by atoms with E-state index in [1.807, 2.05) is 6.92 Å². The predicted octanol–water partition coefficient (Wildman–Crippen LogP) is 2.85. The number of hydrogen-bond donors (Lipinski definition) is 0. The van der Waals surface area contributed by atoms with Gasteiger partial charge in [-0.2, -0.15) is 0 Å². The summed E-state index contributed by atoms with van der Waals surface area (Å²) in [5.74, 6) is -0.119. The van der Waals surface area contributed by atoms with Crippen LogP contribution in [-0.2, 0) is 21.2 Å². The molecule has 3 rings (SSSR count). The normalized spacial score (nSPS) is 13.3. The van der Waals surface area contributed by atoms with Crippen molar-refractivity contribution in [3.63, 3.8) is 0 Å². The highest BCUT2D eigenvalue weighted by Crippen LogP contribution is 2.30. The van der Waals surface area contributed by atoms with Crippen molar-refractivity contribution < 1.29 is 32.2 Å². The predicted molar refractivity (Wildman–Crippen MR) is 116 cm³/mol. The van der Waals surface area contributed by atoms with E-state index in [9.17, 15) is 18.0 Å². The van der Waals surface area contributed by atoms with Crippen LogP contribution in [0.3, 0.4) is 0 Å². The van der Waals surface area contributed by atoms with Crippen molar-refractivity contribution >= 4 is 27.5 Å². The van der Waals surface area contributed by atoms with Gasteiger partial charge >= 0.3 is 5.97 Å². The third-order valence-electron chi connectivity index (χ3n) is 4.91. The summed E-state index contributed by atoms with van der Waals surface area (Å²) in [6.45, 7) is 2.21. The van der Waals surface area contributed by atoms with E-state index in [-0.39, 0.29) is 11.3 Å². The molecule has 0 amide bonds. The number of carbonyl (C=O) groups is 2. The molecule has 2 aromatic carbocycles. The number of Topliss-reactive ketones (excluding diaryl/α,β-unsaturated/α-hetero) is 1. The summed E-state index contributed by atoms with van der Waals surface area (Å²) in [5.41, 5.74) is 1.98. The van der Waals surface area contributed by atoms with Crippen LogP contribution in [0.1, 0.15) is 39.6 Å². The lowest BCUT2D eigenvalue weighted by Gasteiger charge is -2.29. The summed E-state index contributed by atoms with van der Waals surface area (Å²) < 4.78 is 41.1. The highest BCUT2D eigenvalue weighted by atomic mass is 32.2. The largest absolute Gasteiger partial charge is 0.493 e. The lowest BCUT2D eigenvalue weighted by atomic mass is 9.99. The summed E-state index contributed by atoms with van der Waals surface area (Å²) in [4.78, 5) is 24.9. The van der Waals surface area contributed by atoms with Crippen molar-refractivity contribution in [2.75, 3.05) is 37.4 Å². The van der Waals surface area contributed by atoms with Gasteiger partial charge in [-0.3, -0.25) is 9.10 Å². The fraction of sp³-hybridized carbons (Fsp3) is 0.364. The van der Waals surface area contributed by atoms with Gasteiger partial charge in [-0.25, -0.2) is 13.2 Å². The van der Waals surface area contributed by atoms with Crippen LogP contribution < -0.4 is 13.8 Å². The van der Waals surface area contributed by atoms with Crippen LogP contribution >= 0.6 is 0 Å². The minimum absolute atomic E-state index is 0.242. The van der Waals surface area contributed by atoms with E-state index in [1.54, 1.807) is 24.3 Å². The van der Waals surface area contributed by atoms with E-state index in [0.29, 0.717) is 48.7 Å². The van der Waals surface area contributed by atoms with Crippen molar-refractivity contribution in [3.05, 3.63) is 53.1 Å². The number of aryl methyl sites for hydroxylation is 1. The molecule has 0 spiro atoms. The first-order valence-corrected chi connectivity index (χ1v) is 11.7. The Morgan fingerprint density at radius 1 is 1.06 bits per heavy atom. The molecule has 0 atom stereocenters. The summed E-state index contributed by atoms with van der Waals surface area (Å²) in [7, 11) is -1.88. The first-order valence-electron chi connectivity index (χ1n) is 9.86. The van der Waals surface area contributed by atoms with Crippen molar-refractivity contribution in [2.45, 2.75) is 19.8 Å². The molecule has 0 aliphatic carbocycles. The van der Waals surface area contributed by atoms with E-state index in [2.05, 4.69) is 0 Å². The zero-order valence-electron chi connectivity index (χ0n) is 17.7. The van der Waals surface area contributed by atoms with Crippen molar-refractivity contribution in [1.29, 1.82) is 0 Å². The number of esters is 1. The van der Waals surface area contributed by atoms with Gasteiger partial charge in [0, 0.05) is 12.1 Å². The van der Waals surface area contributed by atoms with E-state index in [4.69, 9.17) is 14.2 Å². The second-order valence-electron chi connectivity index (χ2n) is 7.08. The lowest BCUT2D eigenvalue weighted by molar-refractivity contribution is 0.0474. The standard InChI is InChI=1S/C22H25NO7S/c1-4-29-21-13-17(8-10-20(21)28-2)22(25)30-14-19(24)16-7-9-18-15(12-16)6-5-11-23(18)31(3,26)27/h7-10,12-13H,4-6,11,14H2,1-3H3. The molecule has 0 saturated carbocycles. The van der Waals surface area contributed by atoms with Gasteiger partial charge in [0.25, 0.3) is 0 Å². The Morgan fingerprint density at radius 3 is 2.48 bits per heavy atom. The van der Waals surface area contributed by atoms with Crippen molar-refractivity contribution in [2.24, 2.45) is 0 Å². The zero-order valence-corrected chi connectivity index (χ0v) is 18.5. The maximum atomic E-state index is 12.6. The number of ether oxygens (including phenoxy) is 3. The van der Waals surface area contributed by atoms with Gasteiger partial charge in [0.15, 0.2) is 23.9 Å².